The number of amides is 1. The molecule has 0 saturated carbocycles. The second-order valence-electron chi connectivity index (χ2n) is 5.18. The predicted octanol–water partition coefficient (Wildman–Crippen LogP) is 3.42. The van der Waals surface area contributed by atoms with E-state index in [9.17, 15) is 9.90 Å². The number of ether oxygens (including phenoxy) is 1. The Bertz CT molecular complexity index is 679. The number of carbonyl (C=O) groups excluding carboxylic acids is 1. The Balaban J connectivity index is 1.88. The van der Waals surface area contributed by atoms with E-state index in [0.29, 0.717) is 17.9 Å². The van der Waals surface area contributed by atoms with Crippen molar-refractivity contribution in [1.82, 2.24) is 0 Å². The van der Waals surface area contributed by atoms with Crippen molar-refractivity contribution in [3.63, 3.8) is 0 Å². The maximum absolute atomic E-state index is 11.4. The molecule has 1 atom stereocenters. The Labute approximate surface area is 123 Å². The number of aryl methyl sites for hydroxylation is 1. The zero-order valence-corrected chi connectivity index (χ0v) is 11.8. The Hall–Kier alpha value is -2.33. The highest BCUT2D eigenvalue weighted by Gasteiger charge is 2.16. The predicted molar refractivity (Wildman–Crippen MR) is 80.5 cm³/mol. The summed E-state index contributed by atoms with van der Waals surface area (Å²) in [5.74, 6) is 1.40. The van der Waals surface area contributed by atoms with Crippen LogP contribution in [0.3, 0.4) is 0 Å². The molecule has 21 heavy (non-hydrogen) atoms. The summed E-state index contributed by atoms with van der Waals surface area (Å²) in [5, 5.41) is 12.6. The fraction of sp³-hybridized carbons (Fsp3) is 0.235. The van der Waals surface area contributed by atoms with Crippen molar-refractivity contribution < 1.29 is 14.6 Å². The van der Waals surface area contributed by atoms with Crippen LogP contribution >= 0.6 is 0 Å². The topological polar surface area (TPSA) is 58.6 Å². The maximum Gasteiger partial charge on any atom is 0.224 e. The molecule has 0 radical (unpaired) electrons. The zero-order valence-electron chi connectivity index (χ0n) is 11.8. The number of para-hydroxylation sites is 1. The van der Waals surface area contributed by atoms with Crippen molar-refractivity contribution >= 4 is 11.6 Å². The normalized spacial score (nSPS) is 15.0. The molecule has 0 saturated heterocycles. The van der Waals surface area contributed by atoms with Crippen LogP contribution in [0.15, 0.2) is 42.5 Å². The van der Waals surface area contributed by atoms with Crippen molar-refractivity contribution in [2.75, 3.05) is 5.32 Å². The summed E-state index contributed by atoms with van der Waals surface area (Å²) in [6.45, 7) is 1.71. The van der Waals surface area contributed by atoms with Crippen LogP contribution in [0.2, 0.25) is 0 Å². The van der Waals surface area contributed by atoms with Gasteiger partial charge in [0.1, 0.15) is 11.5 Å². The first kappa shape index (κ1) is 13.6. The van der Waals surface area contributed by atoms with Gasteiger partial charge in [-0.3, -0.25) is 4.79 Å². The number of nitrogens with one attached hydrogen (secondary N) is 1. The summed E-state index contributed by atoms with van der Waals surface area (Å²) >= 11 is 0. The average molecular weight is 283 g/mol. The highest BCUT2D eigenvalue weighted by molar-refractivity contribution is 5.94. The number of aliphatic hydroxyl groups is 1. The molecule has 1 amide bonds. The average Bonchev–Trinajstić information content (AvgIpc) is 2.48. The summed E-state index contributed by atoms with van der Waals surface area (Å²) in [6, 6.07) is 13.0. The summed E-state index contributed by atoms with van der Waals surface area (Å²) in [6.07, 6.45) is 0.634. The number of fused-ring (bicyclic) bond motifs is 1. The van der Waals surface area contributed by atoms with Crippen molar-refractivity contribution in [3.05, 3.63) is 53.6 Å². The van der Waals surface area contributed by atoms with Gasteiger partial charge in [-0.05, 0) is 43.2 Å². The van der Waals surface area contributed by atoms with Crippen molar-refractivity contribution in [3.8, 4) is 11.5 Å². The molecule has 0 spiro atoms. The fourth-order valence-corrected chi connectivity index (χ4v) is 2.47. The number of rotatable bonds is 3. The van der Waals surface area contributed by atoms with Gasteiger partial charge in [-0.1, -0.05) is 18.2 Å². The highest BCUT2D eigenvalue weighted by Crippen LogP contribution is 2.32. The van der Waals surface area contributed by atoms with Gasteiger partial charge in [-0.15, -0.1) is 0 Å². The van der Waals surface area contributed by atoms with Gasteiger partial charge in [0.25, 0.3) is 0 Å². The Morgan fingerprint density at radius 2 is 2.00 bits per heavy atom. The third kappa shape index (κ3) is 2.90. The second kappa shape index (κ2) is 5.58. The maximum atomic E-state index is 11.4. The van der Waals surface area contributed by atoms with Crippen LogP contribution in [-0.4, -0.2) is 11.0 Å². The molecule has 4 heteroatoms. The summed E-state index contributed by atoms with van der Waals surface area (Å²) < 4.78 is 5.89. The van der Waals surface area contributed by atoms with E-state index < -0.39 is 6.10 Å². The van der Waals surface area contributed by atoms with Crippen LogP contribution in [0.25, 0.3) is 0 Å². The summed E-state index contributed by atoms with van der Waals surface area (Å²) in [7, 11) is 0. The van der Waals surface area contributed by atoms with Crippen LogP contribution in [0.4, 0.5) is 5.69 Å². The molecule has 0 bridgehead atoms. The largest absolute Gasteiger partial charge is 0.457 e. The van der Waals surface area contributed by atoms with E-state index in [1.807, 2.05) is 42.5 Å². The lowest BCUT2D eigenvalue weighted by Gasteiger charge is -2.18. The molecule has 1 heterocycles. The number of anilines is 1. The Kier molecular flexibility index (Phi) is 3.62. The lowest BCUT2D eigenvalue weighted by molar-refractivity contribution is -0.116. The van der Waals surface area contributed by atoms with E-state index in [2.05, 4.69) is 5.32 Å². The molecule has 1 aliphatic heterocycles. The van der Waals surface area contributed by atoms with Gasteiger partial charge >= 0.3 is 0 Å². The van der Waals surface area contributed by atoms with Gasteiger partial charge < -0.3 is 15.2 Å². The highest BCUT2D eigenvalue weighted by atomic mass is 16.5. The van der Waals surface area contributed by atoms with Gasteiger partial charge in [-0.25, -0.2) is 0 Å². The molecule has 0 unspecified atom stereocenters. The number of aliphatic hydroxyl groups excluding tert-OH is 1. The van der Waals surface area contributed by atoms with Gasteiger partial charge in [-0.2, -0.15) is 0 Å². The SMILES string of the molecule is C[C@H](O)c1ccccc1Oc1ccc2c(c1)CCC(=O)N2. The lowest BCUT2D eigenvalue weighted by Crippen LogP contribution is -2.18. The standard InChI is InChI=1S/C17H17NO3/c1-11(19)14-4-2-3-5-16(14)21-13-7-8-15-12(10-13)6-9-17(20)18-15/h2-5,7-8,10-11,19H,6,9H2,1H3,(H,18,20)/t11-/m0/s1. The second-order valence-corrected chi connectivity index (χ2v) is 5.18. The monoisotopic (exact) mass is 283 g/mol. The van der Waals surface area contributed by atoms with Crippen LogP contribution in [0.1, 0.15) is 30.6 Å². The van der Waals surface area contributed by atoms with Crippen LogP contribution in [-0.2, 0) is 11.2 Å². The Morgan fingerprint density at radius 3 is 2.81 bits per heavy atom. The quantitative estimate of drug-likeness (QED) is 0.907. The molecule has 2 aromatic rings. The minimum Gasteiger partial charge on any atom is -0.457 e. The van der Waals surface area contributed by atoms with E-state index >= 15 is 0 Å². The summed E-state index contributed by atoms with van der Waals surface area (Å²) in [4.78, 5) is 11.4. The molecule has 2 N–H and O–H groups in total. The minimum absolute atomic E-state index is 0.0515. The molecule has 2 aromatic carbocycles. The number of carbonyl (C=O) groups is 1. The Morgan fingerprint density at radius 1 is 1.19 bits per heavy atom. The zero-order chi connectivity index (χ0) is 14.8. The smallest absolute Gasteiger partial charge is 0.224 e. The third-order valence-electron chi connectivity index (χ3n) is 3.57. The number of benzene rings is 2. The first-order valence-corrected chi connectivity index (χ1v) is 7.01. The lowest BCUT2D eigenvalue weighted by atomic mass is 10.0. The third-order valence-corrected chi connectivity index (χ3v) is 3.57. The molecule has 3 rings (SSSR count). The van der Waals surface area contributed by atoms with Crippen LogP contribution in [0.5, 0.6) is 11.5 Å². The van der Waals surface area contributed by atoms with Crippen LogP contribution in [0, 0.1) is 0 Å². The van der Waals surface area contributed by atoms with Crippen molar-refractivity contribution in [2.24, 2.45) is 0 Å². The van der Waals surface area contributed by atoms with Gasteiger partial charge in [0.05, 0.1) is 6.10 Å². The molecule has 0 aromatic heterocycles. The van der Waals surface area contributed by atoms with E-state index in [1.165, 1.54) is 0 Å². The molecular weight excluding hydrogens is 266 g/mol. The molecule has 108 valence electrons. The van der Waals surface area contributed by atoms with Crippen molar-refractivity contribution in [1.29, 1.82) is 0 Å². The number of hydrogen-bond acceptors (Lipinski definition) is 3. The molecule has 1 aliphatic rings. The van der Waals surface area contributed by atoms with Gasteiger partial charge in [0, 0.05) is 17.7 Å². The van der Waals surface area contributed by atoms with E-state index in [0.717, 1.165) is 23.2 Å². The summed E-state index contributed by atoms with van der Waals surface area (Å²) in [5.41, 5.74) is 2.67. The first-order valence-electron chi connectivity index (χ1n) is 7.01. The van der Waals surface area contributed by atoms with E-state index in [4.69, 9.17) is 4.74 Å². The molecular formula is C17H17NO3. The fourth-order valence-electron chi connectivity index (χ4n) is 2.47. The van der Waals surface area contributed by atoms with E-state index in [-0.39, 0.29) is 5.91 Å². The van der Waals surface area contributed by atoms with Crippen molar-refractivity contribution in [2.45, 2.75) is 25.9 Å². The van der Waals surface area contributed by atoms with E-state index in [1.54, 1.807) is 6.92 Å². The van der Waals surface area contributed by atoms with Crippen LogP contribution < -0.4 is 10.1 Å². The van der Waals surface area contributed by atoms with Gasteiger partial charge in [0.15, 0.2) is 0 Å². The molecule has 4 nitrogen and oxygen atoms in total. The van der Waals surface area contributed by atoms with Gasteiger partial charge in [0.2, 0.25) is 5.91 Å². The number of hydrogen-bond donors (Lipinski definition) is 2. The molecule has 0 fully saturated rings. The molecule has 0 aliphatic carbocycles. The first-order chi connectivity index (χ1) is 10.1. The minimum atomic E-state index is -0.585.